The lowest BCUT2D eigenvalue weighted by Gasteiger charge is -2.37. The molecule has 0 spiro atoms. The van der Waals surface area contributed by atoms with Gasteiger partial charge in [-0.2, -0.15) is 0 Å². The molecule has 1 heterocycles. The molecule has 1 atom stereocenters. The highest BCUT2D eigenvalue weighted by molar-refractivity contribution is 6.12. The molecule has 1 N–H and O–H groups in total. The summed E-state index contributed by atoms with van der Waals surface area (Å²) in [5.74, 6) is -0.674. The highest BCUT2D eigenvalue weighted by Gasteiger charge is 2.43. The van der Waals surface area contributed by atoms with Crippen LogP contribution in [0.25, 0.3) is 0 Å². The average molecular weight is 484 g/mol. The highest BCUT2D eigenvalue weighted by Crippen LogP contribution is 2.48. The van der Waals surface area contributed by atoms with Crippen LogP contribution in [0.5, 0.6) is 0 Å². The predicted molar refractivity (Wildman–Crippen MR) is 142 cm³/mol. The third-order valence-electron chi connectivity index (χ3n) is 6.94. The Morgan fingerprint density at radius 1 is 0.972 bits per heavy atom. The van der Waals surface area contributed by atoms with Crippen LogP contribution in [0, 0.1) is 11.2 Å². The summed E-state index contributed by atoms with van der Waals surface area (Å²) in [6, 6.07) is 20.5. The summed E-state index contributed by atoms with van der Waals surface area (Å²) < 4.78 is 13.7. The van der Waals surface area contributed by atoms with Gasteiger partial charge in [-0.1, -0.05) is 38.1 Å². The van der Waals surface area contributed by atoms with Crippen LogP contribution < -0.4 is 15.1 Å². The molecule has 2 aliphatic rings. The monoisotopic (exact) mass is 483 g/mol. The Morgan fingerprint density at radius 3 is 2.31 bits per heavy atom. The molecule has 6 heteroatoms. The maximum Gasteiger partial charge on any atom is 0.259 e. The number of carbonyl (C=O) groups is 2. The fourth-order valence-electron chi connectivity index (χ4n) is 5.21. The number of hydrogen-bond acceptors (Lipinski definition) is 4. The molecule has 1 amide bonds. The molecule has 0 saturated heterocycles. The Kier molecular flexibility index (Phi) is 5.91. The predicted octanol–water partition coefficient (Wildman–Crippen LogP) is 6.35. The van der Waals surface area contributed by atoms with Gasteiger partial charge < -0.3 is 10.2 Å². The molecular weight excluding hydrogens is 453 g/mol. The number of amides is 1. The Balaban J connectivity index is 1.76. The first-order chi connectivity index (χ1) is 17.1. The Morgan fingerprint density at radius 2 is 1.64 bits per heavy atom. The number of para-hydroxylation sites is 2. The van der Waals surface area contributed by atoms with Gasteiger partial charge in [-0.3, -0.25) is 14.5 Å². The van der Waals surface area contributed by atoms with Crippen molar-refractivity contribution in [1.29, 1.82) is 0 Å². The number of carbonyl (C=O) groups excluding carboxylic acids is 2. The molecule has 0 radical (unpaired) electrons. The second-order valence-corrected chi connectivity index (χ2v) is 10.5. The van der Waals surface area contributed by atoms with E-state index in [9.17, 15) is 14.0 Å². The summed E-state index contributed by atoms with van der Waals surface area (Å²) in [4.78, 5) is 31.6. The quantitative estimate of drug-likeness (QED) is 0.472. The Labute approximate surface area is 211 Å². The Bertz CT molecular complexity index is 1360. The lowest BCUT2D eigenvalue weighted by atomic mass is 9.73. The van der Waals surface area contributed by atoms with Crippen molar-refractivity contribution in [2.24, 2.45) is 5.41 Å². The van der Waals surface area contributed by atoms with Crippen molar-refractivity contribution in [2.45, 2.75) is 32.7 Å². The van der Waals surface area contributed by atoms with Crippen LogP contribution in [0.4, 0.5) is 21.5 Å². The van der Waals surface area contributed by atoms with E-state index in [0.717, 1.165) is 22.6 Å². The number of fused-ring (bicyclic) bond motifs is 1. The molecule has 5 rings (SSSR count). The minimum absolute atomic E-state index is 0.0279. The lowest BCUT2D eigenvalue weighted by Crippen LogP contribution is -2.39. The van der Waals surface area contributed by atoms with E-state index in [1.54, 1.807) is 4.90 Å². The first kappa shape index (κ1) is 23.8. The van der Waals surface area contributed by atoms with Crippen molar-refractivity contribution >= 4 is 28.8 Å². The Hall–Kier alpha value is -3.93. The number of nitrogens with one attached hydrogen (secondary N) is 1. The van der Waals surface area contributed by atoms with Gasteiger partial charge in [-0.05, 0) is 65.9 Å². The smallest absolute Gasteiger partial charge is 0.259 e. The molecule has 36 heavy (non-hydrogen) atoms. The van der Waals surface area contributed by atoms with Gasteiger partial charge in [-0.25, -0.2) is 4.39 Å². The molecule has 1 aliphatic carbocycles. The molecule has 0 unspecified atom stereocenters. The van der Waals surface area contributed by atoms with E-state index >= 15 is 0 Å². The van der Waals surface area contributed by atoms with Crippen LogP contribution in [0.3, 0.4) is 0 Å². The van der Waals surface area contributed by atoms with Crippen molar-refractivity contribution < 1.29 is 14.0 Å². The minimum atomic E-state index is -0.631. The average Bonchev–Trinajstić information content (AvgIpc) is 2.97. The molecule has 3 aromatic carbocycles. The van der Waals surface area contributed by atoms with Crippen molar-refractivity contribution in [3.63, 3.8) is 0 Å². The van der Waals surface area contributed by atoms with E-state index in [4.69, 9.17) is 0 Å². The number of nitrogens with zero attached hydrogens (tertiary/aromatic N) is 2. The summed E-state index contributed by atoms with van der Waals surface area (Å²) in [5.41, 5.74) is 4.91. The summed E-state index contributed by atoms with van der Waals surface area (Å²) in [6.07, 6.45) is 1.09. The van der Waals surface area contributed by atoms with E-state index in [2.05, 4.69) is 19.2 Å². The van der Waals surface area contributed by atoms with Crippen molar-refractivity contribution in [3.05, 3.63) is 101 Å². The van der Waals surface area contributed by atoms with Gasteiger partial charge in [0.05, 0.1) is 17.4 Å². The number of hydrogen-bond donors (Lipinski definition) is 1. The maximum absolute atomic E-state index is 14.1. The zero-order valence-electron chi connectivity index (χ0n) is 21.0. The third-order valence-corrected chi connectivity index (χ3v) is 6.94. The maximum atomic E-state index is 14.1. The number of rotatable bonds is 3. The summed E-state index contributed by atoms with van der Waals surface area (Å²) >= 11 is 0. The molecular formula is C30H30FN3O2. The van der Waals surface area contributed by atoms with Gasteiger partial charge in [0.15, 0.2) is 5.78 Å². The fourth-order valence-corrected chi connectivity index (χ4v) is 5.21. The molecule has 0 saturated carbocycles. The second-order valence-electron chi connectivity index (χ2n) is 10.5. The number of Topliss-reactive ketones (excluding diaryl/α,β-unsaturated/α-hetero) is 1. The van der Waals surface area contributed by atoms with E-state index in [-0.39, 0.29) is 17.1 Å². The molecule has 0 aromatic heterocycles. The molecule has 5 nitrogen and oxygen atoms in total. The van der Waals surface area contributed by atoms with Gasteiger partial charge >= 0.3 is 0 Å². The van der Waals surface area contributed by atoms with Gasteiger partial charge in [0, 0.05) is 43.0 Å². The van der Waals surface area contributed by atoms with Crippen LogP contribution in [-0.4, -0.2) is 25.8 Å². The van der Waals surface area contributed by atoms with Gasteiger partial charge in [0.2, 0.25) is 0 Å². The van der Waals surface area contributed by atoms with Crippen LogP contribution in [0.2, 0.25) is 0 Å². The number of benzene rings is 3. The van der Waals surface area contributed by atoms with E-state index in [0.29, 0.717) is 29.7 Å². The molecule has 0 fully saturated rings. The molecule has 184 valence electrons. The summed E-state index contributed by atoms with van der Waals surface area (Å²) in [6.45, 7) is 4.19. The van der Waals surface area contributed by atoms with Crippen LogP contribution in [0.1, 0.15) is 48.7 Å². The topological polar surface area (TPSA) is 52.7 Å². The summed E-state index contributed by atoms with van der Waals surface area (Å²) in [5, 5.41) is 3.52. The standard InChI is InChI=1S/C30H30FN3O2/c1-30(2)17-24-27(26(35)18-30)28(19-11-15-22(16-12-19)33(3)4)34(25-8-6-5-7-23(25)32-24)29(36)20-9-13-21(31)14-10-20/h5-16,28,32H,17-18H2,1-4H3/t28-/m1/s1. The van der Waals surface area contributed by atoms with Gasteiger partial charge in [0.1, 0.15) is 5.82 Å². The minimum Gasteiger partial charge on any atom is -0.378 e. The zero-order chi connectivity index (χ0) is 25.6. The largest absolute Gasteiger partial charge is 0.378 e. The van der Waals surface area contributed by atoms with E-state index < -0.39 is 11.9 Å². The first-order valence-corrected chi connectivity index (χ1v) is 12.1. The van der Waals surface area contributed by atoms with E-state index in [1.165, 1.54) is 24.3 Å². The van der Waals surface area contributed by atoms with Crippen molar-refractivity contribution in [1.82, 2.24) is 0 Å². The second kappa shape index (κ2) is 8.94. The van der Waals surface area contributed by atoms with Crippen molar-refractivity contribution in [3.8, 4) is 0 Å². The zero-order valence-corrected chi connectivity index (χ0v) is 21.0. The van der Waals surface area contributed by atoms with Gasteiger partial charge in [-0.15, -0.1) is 0 Å². The molecule has 1 aliphatic heterocycles. The highest BCUT2D eigenvalue weighted by atomic mass is 19.1. The van der Waals surface area contributed by atoms with Crippen molar-refractivity contribution in [2.75, 3.05) is 29.2 Å². The fraction of sp³-hybridized carbons (Fsp3) is 0.267. The molecule has 0 bridgehead atoms. The van der Waals surface area contributed by atoms with Crippen LogP contribution in [-0.2, 0) is 4.79 Å². The van der Waals surface area contributed by atoms with E-state index in [1.807, 2.05) is 67.5 Å². The van der Waals surface area contributed by atoms with Crippen LogP contribution in [0.15, 0.2) is 84.1 Å². The lowest BCUT2D eigenvalue weighted by molar-refractivity contribution is -0.118. The first-order valence-electron chi connectivity index (χ1n) is 12.1. The summed E-state index contributed by atoms with van der Waals surface area (Å²) in [7, 11) is 3.94. The normalized spacial score (nSPS) is 18.6. The van der Waals surface area contributed by atoms with Gasteiger partial charge in [0.25, 0.3) is 5.91 Å². The number of halogens is 1. The SMILES string of the molecule is CN(C)c1ccc([C@@H]2C3=C(CC(C)(C)CC3=O)Nc3ccccc3N2C(=O)c2ccc(F)cc2)cc1. The molecule has 3 aromatic rings. The number of anilines is 3. The number of ketones is 1. The number of allylic oxidation sites excluding steroid dienone is 1. The van der Waals surface area contributed by atoms with Crippen LogP contribution >= 0.6 is 0 Å². The third kappa shape index (κ3) is 4.28.